The molecule has 0 fully saturated rings. The number of anilines is 1. The number of rotatable bonds is 5. The molecule has 5 nitrogen and oxygen atoms in total. The molecule has 31 heavy (non-hydrogen) atoms. The number of hydrogen-bond donors (Lipinski definition) is 1. The van der Waals surface area contributed by atoms with Crippen LogP contribution in [-0.2, 0) is 11.3 Å². The van der Waals surface area contributed by atoms with Crippen LogP contribution in [0.2, 0.25) is 0 Å². The van der Waals surface area contributed by atoms with Gasteiger partial charge in [0.2, 0.25) is 5.91 Å². The summed E-state index contributed by atoms with van der Waals surface area (Å²) in [6.07, 6.45) is 0.853. The van der Waals surface area contributed by atoms with Crippen LogP contribution in [0.15, 0.2) is 58.4 Å². The highest BCUT2D eigenvalue weighted by molar-refractivity contribution is 7.99. The zero-order valence-electron chi connectivity index (χ0n) is 16.7. The van der Waals surface area contributed by atoms with E-state index in [9.17, 15) is 14.0 Å². The molecule has 2 atom stereocenters. The van der Waals surface area contributed by atoms with Gasteiger partial charge in [-0.3, -0.25) is 14.2 Å². The van der Waals surface area contributed by atoms with Crippen molar-refractivity contribution in [3.8, 4) is 5.75 Å². The van der Waals surface area contributed by atoms with E-state index < -0.39 is 0 Å². The lowest BCUT2D eigenvalue weighted by molar-refractivity contribution is -0.116. The quantitative estimate of drug-likeness (QED) is 0.604. The summed E-state index contributed by atoms with van der Waals surface area (Å²) in [6, 6.07) is 13.8. The van der Waals surface area contributed by atoms with E-state index in [0.717, 1.165) is 27.0 Å². The molecule has 0 bridgehead atoms. The summed E-state index contributed by atoms with van der Waals surface area (Å²) in [7, 11) is 0. The first-order chi connectivity index (χ1) is 15.1. The SMILES string of the molecule is O=C(CCCn1c2c(sc1=O)[C@@H]1c3ccccc3OC[C@H]1CS2)Nc1ccc(F)cc1. The van der Waals surface area contributed by atoms with Gasteiger partial charge in [-0.2, -0.15) is 0 Å². The molecule has 0 aliphatic carbocycles. The number of ether oxygens (including phenoxy) is 1. The first-order valence-corrected chi connectivity index (χ1v) is 12.0. The molecule has 0 saturated carbocycles. The average molecular weight is 457 g/mol. The van der Waals surface area contributed by atoms with Crippen molar-refractivity contribution in [2.75, 3.05) is 17.7 Å². The number of nitrogens with one attached hydrogen (secondary N) is 1. The normalized spacial score (nSPS) is 19.0. The molecular formula is C23H21FN2O3S2. The Bertz CT molecular complexity index is 1170. The number of halogens is 1. The van der Waals surface area contributed by atoms with Crippen molar-refractivity contribution in [3.05, 3.63) is 74.5 Å². The topological polar surface area (TPSA) is 60.3 Å². The van der Waals surface area contributed by atoms with E-state index in [2.05, 4.69) is 11.4 Å². The Morgan fingerprint density at radius 1 is 1.19 bits per heavy atom. The van der Waals surface area contributed by atoms with Crippen LogP contribution < -0.4 is 14.9 Å². The van der Waals surface area contributed by atoms with Crippen molar-refractivity contribution in [1.82, 2.24) is 4.57 Å². The third-order valence-corrected chi connectivity index (χ3v) is 8.18. The van der Waals surface area contributed by atoms with Crippen LogP contribution in [0, 0.1) is 11.7 Å². The lowest BCUT2D eigenvalue weighted by Gasteiger charge is -2.36. The maximum absolute atomic E-state index is 13.0. The Hall–Kier alpha value is -2.58. The Morgan fingerprint density at radius 3 is 2.84 bits per heavy atom. The number of fused-ring (bicyclic) bond motifs is 5. The van der Waals surface area contributed by atoms with Crippen molar-refractivity contribution < 1.29 is 13.9 Å². The van der Waals surface area contributed by atoms with Crippen LogP contribution in [0.5, 0.6) is 5.75 Å². The van der Waals surface area contributed by atoms with Gasteiger partial charge in [-0.15, -0.1) is 11.8 Å². The van der Waals surface area contributed by atoms with Crippen molar-refractivity contribution in [2.24, 2.45) is 5.92 Å². The fourth-order valence-electron chi connectivity index (χ4n) is 4.20. The minimum absolute atomic E-state index is 0.0288. The maximum Gasteiger partial charge on any atom is 0.308 e. The fraction of sp³-hybridized carbons (Fsp3) is 0.304. The Balaban J connectivity index is 1.29. The molecule has 3 aromatic rings. The number of nitrogens with zero attached hydrogens (tertiary/aromatic N) is 1. The zero-order chi connectivity index (χ0) is 21.4. The molecule has 1 N–H and O–H groups in total. The Morgan fingerprint density at radius 2 is 2.00 bits per heavy atom. The lowest BCUT2D eigenvalue weighted by Crippen LogP contribution is -2.31. The molecule has 2 aliphatic rings. The second-order valence-electron chi connectivity index (χ2n) is 7.75. The van der Waals surface area contributed by atoms with Crippen LogP contribution in [0.3, 0.4) is 0 Å². The predicted molar refractivity (Wildman–Crippen MR) is 121 cm³/mol. The van der Waals surface area contributed by atoms with Gasteiger partial charge in [0, 0.05) is 46.7 Å². The third-order valence-electron chi connectivity index (χ3n) is 5.68. The molecule has 0 saturated heterocycles. The van der Waals surface area contributed by atoms with E-state index in [1.165, 1.54) is 35.6 Å². The lowest BCUT2D eigenvalue weighted by atomic mass is 9.84. The molecule has 2 aliphatic heterocycles. The number of thiazole rings is 1. The molecule has 0 unspecified atom stereocenters. The molecule has 5 rings (SSSR count). The summed E-state index contributed by atoms with van der Waals surface area (Å²) in [6.45, 7) is 1.17. The third kappa shape index (κ3) is 4.02. The van der Waals surface area contributed by atoms with Crippen molar-refractivity contribution in [3.63, 3.8) is 0 Å². The van der Waals surface area contributed by atoms with Gasteiger partial charge in [0.05, 0.1) is 11.6 Å². The van der Waals surface area contributed by atoms with Crippen LogP contribution in [0.4, 0.5) is 10.1 Å². The van der Waals surface area contributed by atoms with E-state index in [4.69, 9.17) is 4.74 Å². The molecule has 3 heterocycles. The van der Waals surface area contributed by atoms with Crippen LogP contribution in [-0.4, -0.2) is 22.8 Å². The van der Waals surface area contributed by atoms with E-state index in [1.807, 2.05) is 22.8 Å². The first-order valence-electron chi connectivity index (χ1n) is 10.2. The Kier molecular flexibility index (Phi) is 5.58. The van der Waals surface area contributed by atoms with Crippen LogP contribution >= 0.6 is 23.1 Å². The van der Waals surface area contributed by atoms with Crippen LogP contribution in [0.25, 0.3) is 0 Å². The van der Waals surface area contributed by atoms with Crippen molar-refractivity contribution in [2.45, 2.75) is 30.3 Å². The number of benzene rings is 2. The molecule has 160 valence electrons. The van der Waals surface area contributed by atoms with E-state index >= 15 is 0 Å². The molecular weight excluding hydrogens is 435 g/mol. The summed E-state index contributed by atoms with van der Waals surface area (Å²) in [5, 5.41) is 3.80. The average Bonchev–Trinajstić information content (AvgIpc) is 3.10. The van der Waals surface area contributed by atoms with E-state index in [1.54, 1.807) is 11.8 Å². The second-order valence-corrected chi connectivity index (χ2v) is 9.75. The number of amides is 1. The van der Waals surface area contributed by atoms with Gasteiger partial charge in [-0.1, -0.05) is 29.5 Å². The van der Waals surface area contributed by atoms with Crippen LogP contribution in [0.1, 0.15) is 29.2 Å². The van der Waals surface area contributed by atoms with Gasteiger partial charge in [0.25, 0.3) is 0 Å². The molecule has 1 amide bonds. The van der Waals surface area contributed by atoms with Gasteiger partial charge >= 0.3 is 4.87 Å². The minimum atomic E-state index is -0.341. The van der Waals surface area contributed by atoms with Gasteiger partial charge < -0.3 is 10.1 Å². The number of thioether (sulfide) groups is 1. The molecule has 2 aromatic carbocycles. The zero-order valence-corrected chi connectivity index (χ0v) is 18.3. The highest BCUT2D eigenvalue weighted by Gasteiger charge is 2.39. The fourth-order valence-corrected chi connectivity index (χ4v) is 6.95. The predicted octanol–water partition coefficient (Wildman–Crippen LogP) is 4.71. The number of para-hydroxylation sites is 1. The summed E-state index contributed by atoms with van der Waals surface area (Å²) in [5.74, 6) is 1.89. The molecule has 1 aromatic heterocycles. The molecule has 0 spiro atoms. The van der Waals surface area contributed by atoms with Gasteiger partial charge in [-0.25, -0.2) is 4.39 Å². The standard InChI is InChI=1S/C23H21FN2O3S2/c24-15-7-9-16(10-8-15)25-19(27)6-3-11-26-22-21(31-23(26)28)20-14(13-30-22)12-29-18-5-2-1-4-17(18)20/h1-2,4-5,7-10,14,20H,3,6,11-13H2,(H,25,27)/t14-,20-/m0/s1. The Labute approximate surface area is 187 Å². The summed E-state index contributed by atoms with van der Waals surface area (Å²) in [5.41, 5.74) is 1.73. The highest BCUT2D eigenvalue weighted by atomic mass is 32.2. The number of aromatic nitrogens is 1. The minimum Gasteiger partial charge on any atom is -0.493 e. The number of hydrogen-bond acceptors (Lipinski definition) is 5. The second kappa shape index (κ2) is 8.51. The maximum atomic E-state index is 13.0. The summed E-state index contributed by atoms with van der Waals surface area (Å²) < 4.78 is 20.7. The highest BCUT2D eigenvalue weighted by Crippen LogP contribution is 2.50. The molecule has 0 radical (unpaired) electrons. The molecule has 8 heteroatoms. The largest absolute Gasteiger partial charge is 0.493 e. The first kappa shape index (κ1) is 20.3. The van der Waals surface area contributed by atoms with E-state index in [0.29, 0.717) is 37.6 Å². The van der Waals surface area contributed by atoms with Crippen molar-refractivity contribution in [1.29, 1.82) is 0 Å². The van der Waals surface area contributed by atoms with Gasteiger partial charge in [0.15, 0.2) is 0 Å². The number of carbonyl (C=O) groups excluding carboxylic acids is 1. The van der Waals surface area contributed by atoms with Gasteiger partial charge in [-0.05, 0) is 36.8 Å². The summed E-state index contributed by atoms with van der Waals surface area (Å²) >= 11 is 3.04. The van der Waals surface area contributed by atoms with Crippen molar-refractivity contribution >= 4 is 34.7 Å². The monoisotopic (exact) mass is 456 g/mol. The summed E-state index contributed by atoms with van der Waals surface area (Å²) in [4.78, 5) is 26.2. The van der Waals surface area contributed by atoms with E-state index in [-0.39, 0.29) is 22.5 Å². The van der Waals surface area contributed by atoms with Gasteiger partial charge in [0.1, 0.15) is 11.6 Å². The smallest absolute Gasteiger partial charge is 0.308 e. The number of carbonyl (C=O) groups is 1.